The molecule has 0 radical (unpaired) electrons. The molecule has 1 heterocycles. The topological polar surface area (TPSA) is 38.3 Å². The fourth-order valence-corrected chi connectivity index (χ4v) is 3.76. The van der Waals surface area contributed by atoms with E-state index >= 15 is 0 Å². The Hall–Kier alpha value is -2.04. The first-order valence-corrected chi connectivity index (χ1v) is 9.09. The van der Waals surface area contributed by atoms with Gasteiger partial charge in [0.25, 0.3) is 5.91 Å². The lowest BCUT2D eigenvalue weighted by Gasteiger charge is -2.08. The standard InChI is InChI=1S/C19H18ClNO2S/c1-2-3-11-23-14-8-6-7-13(12-14)21-19(22)18-17(20)15-9-4-5-10-16(15)24-18/h4-10,12H,2-3,11H2,1H3,(H,21,22). The van der Waals surface area contributed by atoms with Crippen molar-refractivity contribution in [3.63, 3.8) is 0 Å². The second-order valence-electron chi connectivity index (χ2n) is 5.43. The number of nitrogens with one attached hydrogen (secondary N) is 1. The molecule has 0 atom stereocenters. The number of ether oxygens (including phenoxy) is 1. The third kappa shape index (κ3) is 3.71. The monoisotopic (exact) mass is 359 g/mol. The summed E-state index contributed by atoms with van der Waals surface area (Å²) in [7, 11) is 0. The van der Waals surface area contributed by atoms with Crippen molar-refractivity contribution in [1.29, 1.82) is 0 Å². The number of carbonyl (C=O) groups is 1. The number of amides is 1. The zero-order valence-corrected chi connectivity index (χ0v) is 14.9. The van der Waals surface area contributed by atoms with Gasteiger partial charge in [0.05, 0.1) is 11.6 Å². The van der Waals surface area contributed by atoms with Crippen LogP contribution >= 0.6 is 22.9 Å². The van der Waals surface area contributed by atoms with Crippen LogP contribution in [0.2, 0.25) is 5.02 Å². The van der Waals surface area contributed by atoms with Crippen molar-refractivity contribution < 1.29 is 9.53 Å². The molecule has 1 amide bonds. The highest BCUT2D eigenvalue weighted by Gasteiger charge is 2.17. The van der Waals surface area contributed by atoms with Crippen LogP contribution in [0.1, 0.15) is 29.4 Å². The van der Waals surface area contributed by atoms with Gasteiger partial charge in [-0.15, -0.1) is 11.3 Å². The molecule has 0 spiro atoms. The van der Waals surface area contributed by atoms with Crippen LogP contribution in [0.15, 0.2) is 48.5 Å². The van der Waals surface area contributed by atoms with Crippen LogP contribution in [0, 0.1) is 0 Å². The average molecular weight is 360 g/mol. The number of rotatable bonds is 6. The number of fused-ring (bicyclic) bond motifs is 1. The van der Waals surface area contributed by atoms with Crippen LogP contribution in [-0.2, 0) is 0 Å². The van der Waals surface area contributed by atoms with E-state index < -0.39 is 0 Å². The minimum absolute atomic E-state index is 0.202. The molecule has 0 unspecified atom stereocenters. The Balaban J connectivity index is 1.76. The first-order valence-electron chi connectivity index (χ1n) is 7.90. The van der Waals surface area contributed by atoms with Gasteiger partial charge in [-0.25, -0.2) is 0 Å². The molecule has 0 saturated heterocycles. The fourth-order valence-electron chi connectivity index (χ4n) is 2.35. The van der Waals surface area contributed by atoms with Crippen molar-refractivity contribution in [3.8, 4) is 5.75 Å². The maximum absolute atomic E-state index is 12.6. The molecule has 124 valence electrons. The number of hydrogen-bond acceptors (Lipinski definition) is 3. The van der Waals surface area contributed by atoms with E-state index in [9.17, 15) is 4.79 Å². The second kappa shape index (κ2) is 7.69. The number of benzene rings is 2. The normalized spacial score (nSPS) is 10.8. The number of unbranched alkanes of at least 4 members (excludes halogenated alkanes) is 1. The van der Waals surface area contributed by atoms with Crippen molar-refractivity contribution in [2.45, 2.75) is 19.8 Å². The summed E-state index contributed by atoms with van der Waals surface area (Å²) in [4.78, 5) is 13.1. The molecule has 0 fully saturated rings. The summed E-state index contributed by atoms with van der Waals surface area (Å²) in [5.74, 6) is 0.551. The maximum Gasteiger partial charge on any atom is 0.267 e. The first kappa shape index (κ1) is 16.8. The summed E-state index contributed by atoms with van der Waals surface area (Å²) in [6.45, 7) is 2.80. The van der Waals surface area contributed by atoms with E-state index in [1.54, 1.807) is 0 Å². The molecule has 0 aliphatic heterocycles. The van der Waals surface area contributed by atoms with Gasteiger partial charge in [0.2, 0.25) is 0 Å². The van der Waals surface area contributed by atoms with Gasteiger partial charge < -0.3 is 10.1 Å². The van der Waals surface area contributed by atoms with E-state index in [1.807, 2.05) is 48.5 Å². The molecular formula is C19H18ClNO2S. The summed E-state index contributed by atoms with van der Waals surface area (Å²) in [6, 6.07) is 15.2. The molecule has 24 heavy (non-hydrogen) atoms. The molecular weight excluding hydrogens is 342 g/mol. The van der Waals surface area contributed by atoms with Gasteiger partial charge in [0, 0.05) is 21.8 Å². The van der Waals surface area contributed by atoms with E-state index in [4.69, 9.17) is 16.3 Å². The summed E-state index contributed by atoms with van der Waals surface area (Å²) in [5.41, 5.74) is 0.697. The first-order chi connectivity index (χ1) is 11.7. The molecule has 0 bridgehead atoms. The molecule has 1 aromatic heterocycles. The van der Waals surface area contributed by atoms with Crippen molar-refractivity contribution >= 4 is 44.6 Å². The minimum Gasteiger partial charge on any atom is -0.494 e. The highest BCUT2D eigenvalue weighted by molar-refractivity contribution is 7.21. The molecule has 0 aliphatic rings. The average Bonchev–Trinajstić information content (AvgIpc) is 2.93. The predicted octanol–water partition coefficient (Wildman–Crippen LogP) is 5.99. The molecule has 5 heteroatoms. The Kier molecular flexibility index (Phi) is 5.38. The molecule has 3 rings (SSSR count). The van der Waals surface area contributed by atoms with Crippen molar-refractivity contribution in [2.75, 3.05) is 11.9 Å². The SMILES string of the molecule is CCCCOc1cccc(NC(=O)c2sc3ccccc3c2Cl)c1. The van der Waals surface area contributed by atoms with Crippen LogP contribution in [0.25, 0.3) is 10.1 Å². The van der Waals surface area contributed by atoms with Crippen LogP contribution < -0.4 is 10.1 Å². The van der Waals surface area contributed by atoms with Gasteiger partial charge in [0.15, 0.2) is 0 Å². The van der Waals surface area contributed by atoms with E-state index in [2.05, 4.69) is 12.2 Å². The van der Waals surface area contributed by atoms with Gasteiger partial charge in [-0.1, -0.05) is 49.2 Å². The van der Waals surface area contributed by atoms with Gasteiger partial charge in [-0.05, 0) is 24.6 Å². The van der Waals surface area contributed by atoms with E-state index in [1.165, 1.54) is 11.3 Å². The van der Waals surface area contributed by atoms with Gasteiger partial charge in [0.1, 0.15) is 10.6 Å². The Labute approximate surface area is 150 Å². The summed E-state index contributed by atoms with van der Waals surface area (Å²) >= 11 is 7.76. The van der Waals surface area contributed by atoms with Crippen LogP contribution in [0.4, 0.5) is 5.69 Å². The van der Waals surface area contributed by atoms with E-state index in [-0.39, 0.29) is 5.91 Å². The fraction of sp³-hybridized carbons (Fsp3) is 0.211. The quantitative estimate of drug-likeness (QED) is 0.549. The summed E-state index contributed by atoms with van der Waals surface area (Å²) in [5, 5.41) is 4.31. The number of hydrogen-bond donors (Lipinski definition) is 1. The van der Waals surface area contributed by atoms with Crippen molar-refractivity contribution in [2.24, 2.45) is 0 Å². The molecule has 3 aromatic rings. The van der Waals surface area contributed by atoms with E-state index in [0.29, 0.717) is 22.2 Å². The third-order valence-corrected chi connectivity index (χ3v) is 5.27. The smallest absolute Gasteiger partial charge is 0.267 e. The van der Waals surface area contributed by atoms with Gasteiger partial charge in [-0.2, -0.15) is 0 Å². The highest BCUT2D eigenvalue weighted by atomic mass is 35.5. The molecule has 0 aliphatic carbocycles. The van der Waals surface area contributed by atoms with Crippen molar-refractivity contribution in [3.05, 3.63) is 58.4 Å². The number of thiophene rings is 1. The molecule has 3 nitrogen and oxygen atoms in total. The van der Waals surface area contributed by atoms with E-state index in [0.717, 1.165) is 28.7 Å². The number of halogens is 1. The lowest BCUT2D eigenvalue weighted by Crippen LogP contribution is -2.10. The Morgan fingerprint density at radius 1 is 1.21 bits per heavy atom. The van der Waals surface area contributed by atoms with Gasteiger partial charge >= 0.3 is 0 Å². The third-order valence-electron chi connectivity index (χ3n) is 3.60. The maximum atomic E-state index is 12.6. The Bertz CT molecular complexity index is 859. The predicted molar refractivity (Wildman–Crippen MR) is 102 cm³/mol. The lowest BCUT2D eigenvalue weighted by atomic mass is 10.2. The van der Waals surface area contributed by atoms with Crippen LogP contribution in [0.5, 0.6) is 5.75 Å². The summed E-state index contributed by atoms with van der Waals surface area (Å²) in [6.07, 6.45) is 2.09. The zero-order chi connectivity index (χ0) is 16.9. The molecule has 0 saturated carbocycles. The second-order valence-corrected chi connectivity index (χ2v) is 6.86. The van der Waals surface area contributed by atoms with Crippen LogP contribution in [-0.4, -0.2) is 12.5 Å². The molecule has 1 N–H and O–H groups in total. The highest BCUT2D eigenvalue weighted by Crippen LogP contribution is 2.35. The van der Waals surface area contributed by atoms with Gasteiger partial charge in [-0.3, -0.25) is 4.79 Å². The number of anilines is 1. The zero-order valence-electron chi connectivity index (χ0n) is 13.3. The largest absolute Gasteiger partial charge is 0.494 e. The Morgan fingerprint density at radius 3 is 2.83 bits per heavy atom. The molecule has 2 aromatic carbocycles. The Morgan fingerprint density at radius 2 is 2.04 bits per heavy atom. The van der Waals surface area contributed by atoms with Crippen LogP contribution in [0.3, 0.4) is 0 Å². The van der Waals surface area contributed by atoms with Crippen molar-refractivity contribution in [1.82, 2.24) is 0 Å². The minimum atomic E-state index is -0.202. The lowest BCUT2D eigenvalue weighted by molar-refractivity contribution is 0.103. The summed E-state index contributed by atoms with van der Waals surface area (Å²) < 4.78 is 6.68. The number of carbonyl (C=O) groups excluding carboxylic acids is 1.